The third kappa shape index (κ3) is 4.86. The van der Waals surface area contributed by atoms with E-state index < -0.39 is 0 Å². The molecule has 2 saturated heterocycles. The fourth-order valence-corrected chi connectivity index (χ4v) is 4.85. The normalized spacial score (nSPS) is 16.7. The van der Waals surface area contributed by atoms with Crippen LogP contribution in [0.15, 0.2) is 54.6 Å². The van der Waals surface area contributed by atoms with Crippen molar-refractivity contribution >= 4 is 45.8 Å². The predicted molar refractivity (Wildman–Crippen MR) is 136 cm³/mol. The Balaban J connectivity index is 1.25. The van der Waals surface area contributed by atoms with Crippen LogP contribution in [0.3, 0.4) is 0 Å². The molecule has 0 saturated carbocycles. The Morgan fingerprint density at radius 3 is 2.38 bits per heavy atom. The molecule has 0 unspecified atom stereocenters. The number of rotatable bonds is 5. The van der Waals surface area contributed by atoms with Crippen LogP contribution in [0.2, 0.25) is 5.02 Å². The lowest BCUT2D eigenvalue weighted by Crippen LogP contribution is -2.50. The van der Waals surface area contributed by atoms with Crippen LogP contribution in [0.5, 0.6) is 0 Å². The van der Waals surface area contributed by atoms with E-state index in [4.69, 9.17) is 16.6 Å². The van der Waals surface area contributed by atoms with Gasteiger partial charge in [-0.05, 0) is 37.1 Å². The number of amides is 2. The quantitative estimate of drug-likeness (QED) is 0.604. The molecule has 5 rings (SSSR count). The largest absolute Gasteiger partial charge is 0.356 e. The predicted octanol–water partition coefficient (Wildman–Crippen LogP) is 3.88. The summed E-state index contributed by atoms with van der Waals surface area (Å²) in [4.78, 5) is 37.1. The average molecular weight is 478 g/mol. The average Bonchev–Trinajstić information content (AvgIpc) is 3.40. The molecule has 2 aromatic carbocycles. The number of halogens is 1. The minimum Gasteiger partial charge on any atom is -0.356 e. The lowest BCUT2D eigenvalue weighted by molar-refractivity contribution is -0.117. The smallest absolute Gasteiger partial charge is 0.257 e. The maximum atomic E-state index is 13.6. The molecule has 1 N–H and O–H groups in total. The number of pyridine rings is 1. The van der Waals surface area contributed by atoms with Gasteiger partial charge >= 0.3 is 0 Å². The monoisotopic (exact) mass is 477 g/mol. The molecule has 0 spiro atoms. The molecule has 0 bridgehead atoms. The second kappa shape index (κ2) is 9.99. The number of fused-ring (bicyclic) bond motifs is 1. The van der Waals surface area contributed by atoms with Crippen molar-refractivity contribution in [2.24, 2.45) is 0 Å². The lowest BCUT2D eigenvalue weighted by Gasteiger charge is -2.35. The van der Waals surface area contributed by atoms with Crippen LogP contribution in [-0.4, -0.2) is 72.4 Å². The molecule has 1 aromatic heterocycles. The second-order valence-electron chi connectivity index (χ2n) is 8.84. The van der Waals surface area contributed by atoms with E-state index in [0.29, 0.717) is 42.5 Å². The van der Waals surface area contributed by atoms with Gasteiger partial charge in [0.05, 0.1) is 28.3 Å². The van der Waals surface area contributed by atoms with Crippen LogP contribution >= 0.6 is 11.6 Å². The fraction of sp³-hybridized carbons (Fsp3) is 0.346. The maximum absolute atomic E-state index is 13.6. The summed E-state index contributed by atoms with van der Waals surface area (Å²) in [5, 5.41) is 4.36. The fourth-order valence-electron chi connectivity index (χ4n) is 4.67. The number of hydrogen-bond donors (Lipinski definition) is 1. The van der Waals surface area contributed by atoms with E-state index in [2.05, 4.69) is 15.1 Å². The molecule has 34 heavy (non-hydrogen) atoms. The Bertz CT molecular complexity index is 1200. The molecule has 0 atom stereocenters. The molecule has 3 heterocycles. The Morgan fingerprint density at radius 1 is 0.912 bits per heavy atom. The number of piperazine rings is 1. The van der Waals surface area contributed by atoms with Gasteiger partial charge in [-0.25, -0.2) is 4.98 Å². The number of hydrogen-bond acceptors (Lipinski definition) is 5. The van der Waals surface area contributed by atoms with Crippen molar-refractivity contribution in [3.63, 3.8) is 0 Å². The van der Waals surface area contributed by atoms with E-state index in [1.807, 2.05) is 47.4 Å². The lowest BCUT2D eigenvalue weighted by atomic mass is 10.1. The molecule has 0 radical (unpaired) electrons. The first-order valence-electron chi connectivity index (χ1n) is 11.8. The first-order valence-corrected chi connectivity index (χ1v) is 12.2. The van der Waals surface area contributed by atoms with Gasteiger partial charge in [0, 0.05) is 44.7 Å². The minimum absolute atomic E-state index is 0.0142. The number of anilines is 2. The Labute approximate surface area is 204 Å². The molecule has 2 fully saturated rings. The van der Waals surface area contributed by atoms with Gasteiger partial charge in [-0.3, -0.25) is 14.5 Å². The molecule has 176 valence electrons. The van der Waals surface area contributed by atoms with Crippen molar-refractivity contribution in [2.45, 2.75) is 12.8 Å². The van der Waals surface area contributed by atoms with Gasteiger partial charge in [0.2, 0.25) is 5.91 Å². The van der Waals surface area contributed by atoms with E-state index in [0.717, 1.165) is 42.7 Å². The molecule has 2 aliphatic rings. The summed E-state index contributed by atoms with van der Waals surface area (Å²) in [7, 11) is 0. The van der Waals surface area contributed by atoms with Gasteiger partial charge in [-0.2, -0.15) is 0 Å². The van der Waals surface area contributed by atoms with Gasteiger partial charge in [0.1, 0.15) is 5.82 Å². The zero-order chi connectivity index (χ0) is 23.5. The van der Waals surface area contributed by atoms with Crippen molar-refractivity contribution in [2.75, 3.05) is 56.0 Å². The summed E-state index contributed by atoms with van der Waals surface area (Å²) in [6, 6.07) is 17.1. The zero-order valence-electron chi connectivity index (χ0n) is 19.0. The number of benzene rings is 2. The molecule has 7 nitrogen and oxygen atoms in total. The Hall–Kier alpha value is -3.16. The maximum Gasteiger partial charge on any atom is 0.257 e. The summed E-state index contributed by atoms with van der Waals surface area (Å²) in [6.45, 7) is 4.56. The number of carbonyl (C=O) groups excluding carboxylic acids is 2. The van der Waals surface area contributed by atoms with Crippen LogP contribution < -0.4 is 10.2 Å². The SMILES string of the molecule is O=C(CN1CCN(C(=O)c2cc3ccccc3nc2N2CCCC2)CC1)Nc1ccccc1Cl. The van der Waals surface area contributed by atoms with E-state index >= 15 is 0 Å². The first-order chi connectivity index (χ1) is 16.6. The van der Waals surface area contributed by atoms with Crippen molar-refractivity contribution in [1.82, 2.24) is 14.8 Å². The van der Waals surface area contributed by atoms with E-state index in [1.54, 1.807) is 12.1 Å². The standard InChI is InChI=1S/C26H28ClN5O2/c27-21-8-2-4-10-23(21)28-24(33)18-30-13-15-32(16-14-30)26(34)20-17-19-7-1-3-9-22(19)29-25(20)31-11-5-6-12-31/h1-4,7-10,17H,5-6,11-16,18H2,(H,28,33). The van der Waals surface area contributed by atoms with Gasteiger partial charge in [0.15, 0.2) is 0 Å². The second-order valence-corrected chi connectivity index (χ2v) is 9.25. The Morgan fingerprint density at radius 2 is 1.62 bits per heavy atom. The van der Waals surface area contributed by atoms with E-state index in [1.165, 1.54) is 0 Å². The van der Waals surface area contributed by atoms with Crippen molar-refractivity contribution in [3.8, 4) is 0 Å². The molecule has 2 aliphatic heterocycles. The summed E-state index contributed by atoms with van der Waals surface area (Å²) in [6.07, 6.45) is 2.24. The zero-order valence-corrected chi connectivity index (χ0v) is 19.8. The highest BCUT2D eigenvalue weighted by molar-refractivity contribution is 6.33. The summed E-state index contributed by atoms with van der Waals surface area (Å²) in [5.41, 5.74) is 2.20. The van der Waals surface area contributed by atoms with E-state index in [9.17, 15) is 9.59 Å². The van der Waals surface area contributed by atoms with Gasteiger partial charge in [0.25, 0.3) is 5.91 Å². The first kappa shape index (κ1) is 22.6. The molecule has 3 aromatic rings. The molecular weight excluding hydrogens is 450 g/mol. The molecular formula is C26H28ClN5O2. The highest BCUT2D eigenvalue weighted by Gasteiger charge is 2.28. The number of para-hydroxylation sites is 2. The number of nitrogens with one attached hydrogen (secondary N) is 1. The topological polar surface area (TPSA) is 68.8 Å². The summed E-state index contributed by atoms with van der Waals surface area (Å²) < 4.78 is 0. The Kier molecular flexibility index (Phi) is 6.65. The van der Waals surface area contributed by atoms with Crippen LogP contribution in [0, 0.1) is 0 Å². The minimum atomic E-state index is -0.108. The molecule has 8 heteroatoms. The number of aromatic nitrogens is 1. The van der Waals surface area contributed by atoms with Crippen molar-refractivity contribution < 1.29 is 9.59 Å². The van der Waals surface area contributed by atoms with Gasteiger partial charge in [-0.1, -0.05) is 41.9 Å². The molecule has 2 amide bonds. The van der Waals surface area contributed by atoms with Crippen LogP contribution in [0.25, 0.3) is 10.9 Å². The highest BCUT2D eigenvalue weighted by atomic mass is 35.5. The third-order valence-electron chi connectivity index (χ3n) is 6.51. The summed E-state index contributed by atoms with van der Waals surface area (Å²) in [5.74, 6) is 0.700. The van der Waals surface area contributed by atoms with E-state index in [-0.39, 0.29) is 18.4 Å². The van der Waals surface area contributed by atoms with Crippen LogP contribution in [-0.2, 0) is 4.79 Å². The summed E-state index contributed by atoms with van der Waals surface area (Å²) >= 11 is 6.14. The van der Waals surface area contributed by atoms with Gasteiger partial charge < -0.3 is 15.1 Å². The third-order valence-corrected chi connectivity index (χ3v) is 6.84. The number of nitrogens with zero attached hydrogens (tertiary/aromatic N) is 4. The van der Waals surface area contributed by atoms with Crippen molar-refractivity contribution in [3.05, 3.63) is 65.2 Å². The molecule has 0 aliphatic carbocycles. The number of carbonyl (C=O) groups is 2. The van der Waals surface area contributed by atoms with Gasteiger partial charge in [-0.15, -0.1) is 0 Å². The van der Waals surface area contributed by atoms with Crippen LogP contribution in [0.1, 0.15) is 23.2 Å². The highest BCUT2D eigenvalue weighted by Crippen LogP contribution is 2.28. The van der Waals surface area contributed by atoms with Crippen LogP contribution in [0.4, 0.5) is 11.5 Å². The van der Waals surface area contributed by atoms with Crippen molar-refractivity contribution in [1.29, 1.82) is 0 Å².